The van der Waals surface area contributed by atoms with Crippen LogP contribution >= 0.6 is 0 Å². The van der Waals surface area contributed by atoms with Gasteiger partial charge in [0.2, 0.25) is 0 Å². The molecule has 0 aliphatic carbocycles. The quantitative estimate of drug-likeness (QED) is 0.757. The van der Waals surface area contributed by atoms with Crippen LogP contribution in [0.3, 0.4) is 0 Å². The SMILES string of the molecule is C[C@@H](CNC(=O)c1n[nH]c(=O)c2ccccc12)N1CCc2ccccc21. The molecule has 6 nitrogen and oxygen atoms in total. The number of benzene rings is 2. The summed E-state index contributed by atoms with van der Waals surface area (Å²) in [6.45, 7) is 3.55. The van der Waals surface area contributed by atoms with E-state index in [1.165, 1.54) is 11.3 Å². The highest BCUT2D eigenvalue weighted by Gasteiger charge is 2.23. The molecular formula is C20H20N4O2. The lowest BCUT2D eigenvalue weighted by molar-refractivity contribution is 0.0947. The van der Waals surface area contributed by atoms with Crippen LogP contribution in [0, 0.1) is 0 Å². The fourth-order valence-electron chi connectivity index (χ4n) is 3.54. The predicted octanol–water partition coefficient (Wildman–Crippen LogP) is 2.10. The van der Waals surface area contributed by atoms with Crippen LogP contribution in [0.2, 0.25) is 0 Å². The largest absolute Gasteiger partial charge is 0.366 e. The molecule has 6 heteroatoms. The highest BCUT2D eigenvalue weighted by Crippen LogP contribution is 2.28. The van der Waals surface area contributed by atoms with Gasteiger partial charge in [0.15, 0.2) is 5.69 Å². The topological polar surface area (TPSA) is 78.1 Å². The van der Waals surface area contributed by atoms with Gasteiger partial charge in [0.1, 0.15) is 0 Å². The van der Waals surface area contributed by atoms with E-state index in [9.17, 15) is 9.59 Å². The van der Waals surface area contributed by atoms with E-state index in [2.05, 4.69) is 45.5 Å². The second-order valence-corrected chi connectivity index (χ2v) is 6.58. The number of hydrogen-bond acceptors (Lipinski definition) is 4. The Morgan fingerprint density at radius 1 is 1.19 bits per heavy atom. The first-order valence-corrected chi connectivity index (χ1v) is 8.75. The van der Waals surface area contributed by atoms with Crippen LogP contribution in [0.25, 0.3) is 10.8 Å². The summed E-state index contributed by atoms with van der Waals surface area (Å²) in [7, 11) is 0. The highest BCUT2D eigenvalue weighted by atomic mass is 16.2. The lowest BCUT2D eigenvalue weighted by Crippen LogP contribution is -2.41. The first-order chi connectivity index (χ1) is 12.6. The molecule has 26 heavy (non-hydrogen) atoms. The van der Waals surface area contributed by atoms with E-state index in [0.717, 1.165) is 13.0 Å². The Hall–Kier alpha value is -3.15. The maximum atomic E-state index is 12.6. The zero-order valence-corrected chi connectivity index (χ0v) is 14.5. The number of aromatic amines is 1. The van der Waals surface area contributed by atoms with E-state index < -0.39 is 0 Å². The van der Waals surface area contributed by atoms with Crippen molar-refractivity contribution in [3.05, 3.63) is 70.1 Å². The minimum atomic E-state index is -0.292. The molecule has 0 unspecified atom stereocenters. The molecule has 2 heterocycles. The zero-order valence-electron chi connectivity index (χ0n) is 14.5. The number of H-pyrrole nitrogens is 1. The van der Waals surface area contributed by atoms with Crippen LogP contribution in [-0.4, -0.2) is 35.2 Å². The molecule has 3 aromatic rings. The molecule has 0 spiro atoms. The van der Waals surface area contributed by atoms with Gasteiger partial charge in [-0.2, -0.15) is 5.10 Å². The molecule has 2 N–H and O–H groups in total. The van der Waals surface area contributed by atoms with Crippen molar-refractivity contribution in [2.45, 2.75) is 19.4 Å². The number of nitrogens with one attached hydrogen (secondary N) is 2. The number of aromatic nitrogens is 2. The Morgan fingerprint density at radius 3 is 2.77 bits per heavy atom. The van der Waals surface area contributed by atoms with Gasteiger partial charge < -0.3 is 10.2 Å². The van der Waals surface area contributed by atoms with Crippen molar-refractivity contribution in [1.82, 2.24) is 15.5 Å². The minimum absolute atomic E-state index is 0.164. The zero-order chi connectivity index (χ0) is 18.1. The van der Waals surface area contributed by atoms with Crippen molar-refractivity contribution < 1.29 is 4.79 Å². The third-order valence-electron chi connectivity index (χ3n) is 4.92. The Bertz CT molecular complexity index is 1030. The summed E-state index contributed by atoms with van der Waals surface area (Å²) < 4.78 is 0. The molecule has 0 saturated carbocycles. The predicted molar refractivity (Wildman–Crippen MR) is 102 cm³/mol. The van der Waals surface area contributed by atoms with Crippen LogP contribution < -0.4 is 15.8 Å². The van der Waals surface area contributed by atoms with Crippen LogP contribution in [0.15, 0.2) is 53.3 Å². The fourth-order valence-corrected chi connectivity index (χ4v) is 3.54. The average molecular weight is 348 g/mol. The minimum Gasteiger partial charge on any atom is -0.366 e. The Morgan fingerprint density at radius 2 is 1.92 bits per heavy atom. The number of para-hydroxylation sites is 1. The molecule has 0 fully saturated rings. The second kappa shape index (κ2) is 6.63. The number of carbonyl (C=O) groups excluding carboxylic acids is 1. The number of nitrogens with zero attached hydrogens (tertiary/aromatic N) is 2. The molecule has 0 saturated heterocycles. The van der Waals surface area contributed by atoms with E-state index in [4.69, 9.17) is 0 Å². The summed E-state index contributed by atoms with van der Waals surface area (Å²) in [4.78, 5) is 26.8. The normalized spacial score (nSPS) is 14.3. The lowest BCUT2D eigenvalue weighted by atomic mass is 10.1. The van der Waals surface area contributed by atoms with Gasteiger partial charge in [0, 0.05) is 30.2 Å². The smallest absolute Gasteiger partial charge is 0.272 e. The molecule has 1 amide bonds. The molecular weight excluding hydrogens is 328 g/mol. The summed E-state index contributed by atoms with van der Waals surface area (Å²) in [6, 6.07) is 15.5. The highest BCUT2D eigenvalue weighted by molar-refractivity contribution is 6.04. The van der Waals surface area contributed by atoms with E-state index in [0.29, 0.717) is 17.3 Å². The van der Waals surface area contributed by atoms with E-state index in [1.807, 2.05) is 6.07 Å². The Balaban J connectivity index is 1.50. The van der Waals surface area contributed by atoms with Crippen molar-refractivity contribution in [2.75, 3.05) is 18.0 Å². The summed E-state index contributed by atoms with van der Waals surface area (Å²) in [5, 5.41) is 10.3. The van der Waals surface area contributed by atoms with E-state index >= 15 is 0 Å². The number of anilines is 1. The van der Waals surface area contributed by atoms with Gasteiger partial charge in [0.25, 0.3) is 11.5 Å². The summed E-state index contributed by atoms with van der Waals surface area (Å²) in [5.74, 6) is -0.281. The van der Waals surface area contributed by atoms with Gasteiger partial charge >= 0.3 is 0 Å². The molecule has 1 atom stereocenters. The van der Waals surface area contributed by atoms with Crippen molar-refractivity contribution in [1.29, 1.82) is 0 Å². The molecule has 0 radical (unpaired) electrons. The monoisotopic (exact) mass is 348 g/mol. The van der Waals surface area contributed by atoms with Crippen LogP contribution in [0.4, 0.5) is 5.69 Å². The first-order valence-electron chi connectivity index (χ1n) is 8.75. The average Bonchev–Trinajstić information content (AvgIpc) is 3.10. The second-order valence-electron chi connectivity index (χ2n) is 6.58. The van der Waals surface area contributed by atoms with Crippen molar-refractivity contribution in [2.24, 2.45) is 0 Å². The molecule has 132 valence electrons. The lowest BCUT2D eigenvalue weighted by Gasteiger charge is -2.27. The number of amides is 1. The standard InChI is InChI=1S/C20H20N4O2/c1-13(24-11-10-14-6-2-5-9-17(14)24)12-21-20(26)18-15-7-3-4-8-16(15)19(25)23-22-18/h2-9,13H,10-12H2,1H3,(H,21,26)(H,23,25)/t13-/m0/s1. The molecule has 1 aliphatic rings. The Labute approximate surface area is 150 Å². The van der Waals surface area contributed by atoms with Crippen LogP contribution in [0.1, 0.15) is 23.0 Å². The van der Waals surface area contributed by atoms with Gasteiger partial charge in [0.05, 0.1) is 5.39 Å². The van der Waals surface area contributed by atoms with Gasteiger partial charge in [-0.05, 0) is 31.0 Å². The maximum Gasteiger partial charge on any atom is 0.272 e. The number of carbonyl (C=O) groups is 1. The van der Waals surface area contributed by atoms with Crippen LogP contribution in [-0.2, 0) is 6.42 Å². The molecule has 2 aromatic carbocycles. The number of rotatable bonds is 4. The molecule has 4 rings (SSSR count). The molecule has 1 aliphatic heterocycles. The molecule has 1 aromatic heterocycles. The van der Waals surface area contributed by atoms with Crippen molar-refractivity contribution in [3.8, 4) is 0 Å². The third-order valence-corrected chi connectivity index (χ3v) is 4.92. The molecule has 0 bridgehead atoms. The Kier molecular flexibility index (Phi) is 4.16. The van der Waals surface area contributed by atoms with Gasteiger partial charge in [-0.1, -0.05) is 36.4 Å². The summed E-state index contributed by atoms with van der Waals surface area (Å²) >= 11 is 0. The number of hydrogen-bond donors (Lipinski definition) is 2. The van der Waals surface area contributed by atoms with Gasteiger partial charge in [-0.15, -0.1) is 0 Å². The first kappa shape index (κ1) is 16.3. The summed E-state index contributed by atoms with van der Waals surface area (Å²) in [5.41, 5.74) is 2.54. The van der Waals surface area contributed by atoms with E-state index in [1.54, 1.807) is 24.3 Å². The van der Waals surface area contributed by atoms with Gasteiger partial charge in [-0.25, -0.2) is 5.10 Å². The van der Waals surface area contributed by atoms with Gasteiger partial charge in [-0.3, -0.25) is 9.59 Å². The fraction of sp³-hybridized carbons (Fsp3) is 0.250. The summed E-state index contributed by atoms with van der Waals surface area (Å²) in [6.07, 6.45) is 1.03. The number of fused-ring (bicyclic) bond motifs is 2. The van der Waals surface area contributed by atoms with Crippen molar-refractivity contribution in [3.63, 3.8) is 0 Å². The van der Waals surface area contributed by atoms with Crippen LogP contribution in [0.5, 0.6) is 0 Å². The maximum absolute atomic E-state index is 12.6. The third kappa shape index (κ3) is 2.83. The van der Waals surface area contributed by atoms with E-state index in [-0.39, 0.29) is 23.2 Å². The van der Waals surface area contributed by atoms with Crippen molar-refractivity contribution >= 4 is 22.4 Å².